The maximum Gasteiger partial charge on any atom is 0.225 e. The molecule has 2 aromatic carbocycles. The maximum atomic E-state index is 13.0. The minimum atomic E-state index is -0.414. The highest BCUT2D eigenvalue weighted by Crippen LogP contribution is 2.28. The van der Waals surface area contributed by atoms with E-state index >= 15 is 0 Å². The van der Waals surface area contributed by atoms with Gasteiger partial charge in [-0.1, -0.05) is 12.1 Å². The number of nitrogens with one attached hydrogen (secondary N) is 1. The first-order valence-electron chi connectivity index (χ1n) is 10.5. The molecule has 0 atom stereocenters. The number of rotatable bonds is 7. The number of benzene rings is 2. The van der Waals surface area contributed by atoms with Gasteiger partial charge in [-0.15, -0.1) is 0 Å². The number of hydrogen-bond donors (Lipinski definition) is 1. The second-order valence-corrected chi connectivity index (χ2v) is 7.71. The van der Waals surface area contributed by atoms with Gasteiger partial charge in [0, 0.05) is 29.9 Å². The summed E-state index contributed by atoms with van der Waals surface area (Å²) in [6.45, 7) is 3.79. The van der Waals surface area contributed by atoms with E-state index in [1.165, 1.54) is 24.3 Å². The Morgan fingerprint density at radius 1 is 1.06 bits per heavy atom. The zero-order valence-corrected chi connectivity index (χ0v) is 18.6. The summed E-state index contributed by atoms with van der Waals surface area (Å²) in [5, 5.41) is 8.27. The van der Waals surface area contributed by atoms with Gasteiger partial charge in [-0.2, -0.15) is 9.78 Å². The summed E-state index contributed by atoms with van der Waals surface area (Å²) in [6, 6.07) is 14.6. The lowest BCUT2D eigenvalue weighted by Gasteiger charge is -2.12. The van der Waals surface area contributed by atoms with Gasteiger partial charge < -0.3 is 10.1 Å². The number of aryl methyl sites for hydroxylation is 2. The van der Waals surface area contributed by atoms with Crippen molar-refractivity contribution in [1.29, 1.82) is 0 Å². The molecule has 1 N–H and O–H groups in total. The van der Waals surface area contributed by atoms with Crippen LogP contribution >= 0.6 is 0 Å². The number of nitrogens with zero attached hydrogens (tertiary/aromatic N) is 3. The van der Waals surface area contributed by atoms with E-state index in [9.17, 15) is 14.0 Å². The molecule has 0 aliphatic rings. The molecule has 4 aromatic rings. The van der Waals surface area contributed by atoms with Crippen LogP contribution in [0.5, 0.6) is 5.75 Å². The van der Waals surface area contributed by atoms with Crippen LogP contribution in [0.25, 0.3) is 16.7 Å². The van der Waals surface area contributed by atoms with Gasteiger partial charge in [-0.3, -0.25) is 9.59 Å². The number of fused-ring (bicyclic) bond motifs is 1. The lowest BCUT2D eigenvalue weighted by Crippen LogP contribution is -2.16. The fourth-order valence-electron chi connectivity index (χ4n) is 3.62. The van der Waals surface area contributed by atoms with Gasteiger partial charge in [0.1, 0.15) is 22.9 Å². The predicted molar refractivity (Wildman–Crippen MR) is 123 cm³/mol. The Morgan fingerprint density at radius 2 is 1.82 bits per heavy atom. The number of hydrogen-bond acceptors (Lipinski definition) is 5. The van der Waals surface area contributed by atoms with Crippen molar-refractivity contribution in [1.82, 2.24) is 14.8 Å². The van der Waals surface area contributed by atoms with Crippen LogP contribution in [0.3, 0.4) is 0 Å². The first-order chi connectivity index (χ1) is 15.9. The lowest BCUT2D eigenvalue weighted by atomic mass is 10.1. The van der Waals surface area contributed by atoms with Crippen molar-refractivity contribution in [3.05, 3.63) is 77.2 Å². The van der Waals surface area contributed by atoms with Gasteiger partial charge in [0.2, 0.25) is 5.91 Å². The molecule has 0 saturated carbocycles. The molecule has 8 heteroatoms. The number of halogens is 1. The molecule has 0 bridgehead atoms. The van der Waals surface area contributed by atoms with E-state index in [0.29, 0.717) is 34.2 Å². The number of para-hydroxylation sites is 1. The summed E-state index contributed by atoms with van der Waals surface area (Å²) in [6.07, 6.45) is -0.00640. The van der Waals surface area contributed by atoms with Gasteiger partial charge >= 0.3 is 0 Å². The van der Waals surface area contributed by atoms with Crippen LogP contribution in [-0.4, -0.2) is 33.6 Å². The molecular weight excluding hydrogens is 423 g/mol. The Hall–Kier alpha value is -4.07. The third-order valence-electron chi connectivity index (χ3n) is 5.28. The highest BCUT2D eigenvalue weighted by atomic mass is 19.1. The fourth-order valence-corrected chi connectivity index (χ4v) is 3.62. The average Bonchev–Trinajstić information content (AvgIpc) is 3.17. The van der Waals surface area contributed by atoms with E-state index in [1.807, 2.05) is 38.1 Å². The number of carbonyl (C=O) groups is 2. The molecule has 0 unspecified atom stereocenters. The smallest absolute Gasteiger partial charge is 0.225 e. The molecule has 1 amide bonds. The van der Waals surface area contributed by atoms with Crippen molar-refractivity contribution in [2.75, 3.05) is 12.4 Å². The minimum absolute atomic E-state index is 0.00904. The molecule has 0 fully saturated rings. The number of methoxy groups -OCH3 is 1. The van der Waals surface area contributed by atoms with Gasteiger partial charge in [0.05, 0.1) is 12.8 Å². The van der Waals surface area contributed by atoms with Crippen molar-refractivity contribution in [2.24, 2.45) is 0 Å². The zero-order valence-electron chi connectivity index (χ0n) is 18.6. The molecular formula is C25H23FN4O3. The number of Topliss-reactive ketones (excluding diaryl/α,β-unsaturated/α-hetero) is 1. The second-order valence-electron chi connectivity index (χ2n) is 7.71. The van der Waals surface area contributed by atoms with E-state index in [2.05, 4.69) is 10.4 Å². The molecule has 2 aromatic heterocycles. The summed E-state index contributed by atoms with van der Waals surface area (Å²) in [5.41, 5.74) is 2.76. The van der Waals surface area contributed by atoms with Crippen LogP contribution in [0, 0.1) is 19.7 Å². The number of ether oxygens (including phenoxy) is 1. The highest BCUT2D eigenvalue weighted by Gasteiger charge is 2.16. The quantitative estimate of drug-likeness (QED) is 0.413. The summed E-state index contributed by atoms with van der Waals surface area (Å²) < 4.78 is 20.1. The van der Waals surface area contributed by atoms with Gasteiger partial charge in [-0.25, -0.2) is 9.37 Å². The molecule has 0 spiro atoms. The van der Waals surface area contributed by atoms with Crippen molar-refractivity contribution in [2.45, 2.75) is 26.7 Å². The van der Waals surface area contributed by atoms with Crippen LogP contribution in [0.4, 0.5) is 10.2 Å². The summed E-state index contributed by atoms with van der Waals surface area (Å²) in [4.78, 5) is 29.6. The monoisotopic (exact) mass is 446 g/mol. The molecule has 0 aliphatic carbocycles. The van der Waals surface area contributed by atoms with Crippen LogP contribution in [-0.2, 0) is 4.79 Å². The molecule has 33 heavy (non-hydrogen) atoms. The number of aromatic nitrogens is 3. The van der Waals surface area contributed by atoms with Crippen LogP contribution in [0.2, 0.25) is 0 Å². The molecule has 0 saturated heterocycles. The minimum Gasteiger partial charge on any atom is -0.494 e. The van der Waals surface area contributed by atoms with Gasteiger partial charge in [0.25, 0.3) is 0 Å². The van der Waals surface area contributed by atoms with Crippen LogP contribution < -0.4 is 10.1 Å². The largest absolute Gasteiger partial charge is 0.494 e. The third-order valence-corrected chi connectivity index (χ3v) is 5.28. The van der Waals surface area contributed by atoms with E-state index in [1.54, 1.807) is 17.9 Å². The lowest BCUT2D eigenvalue weighted by molar-refractivity contribution is -0.116. The van der Waals surface area contributed by atoms with Gasteiger partial charge in [-0.05, 0) is 55.8 Å². The SMILES string of the molecule is COc1cccc2c(C)cc(-n3nc(C)cc3NC(=O)CCC(=O)c3ccc(F)cc3)nc12. The number of anilines is 1. The Balaban J connectivity index is 1.55. The number of ketones is 1. The maximum absolute atomic E-state index is 13.0. The number of pyridine rings is 1. The van der Waals surface area contributed by atoms with E-state index in [0.717, 1.165) is 10.9 Å². The molecule has 4 rings (SSSR count). The first-order valence-corrected chi connectivity index (χ1v) is 10.5. The topological polar surface area (TPSA) is 86.1 Å². The van der Waals surface area contributed by atoms with Crippen molar-refractivity contribution >= 4 is 28.4 Å². The molecule has 7 nitrogen and oxygen atoms in total. The average molecular weight is 446 g/mol. The summed E-state index contributed by atoms with van der Waals surface area (Å²) in [5.74, 6) is 0.660. The fraction of sp³-hybridized carbons (Fsp3) is 0.200. The highest BCUT2D eigenvalue weighted by molar-refractivity contribution is 6.00. The van der Waals surface area contributed by atoms with Crippen molar-refractivity contribution in [3.63, 3.8) is 0 Å². The van der Waals surface area contributed by atoms with E-state index < -0.39 is 5.82 Å². The Labute approximate surface area is 190 Å². The van der Waals surface area contributed by atoms with Gasteiger partial charge in [0.15, 0.2) is 11.6 Å². The molecule has 2 heterocycles. The van der Waals surface area contributed by atoms with Crippen LogP contribution in [0.15, 0.2) is 54.6 Å². The van der Waals surface area contributed by atoms with E-state index in [4.69, 9.17) is 9.72 Å². The van der Waals surface area contributed by atoms with Crippen LogP contribution in [0.1, 0.15) is 34.5 Å². The standard InChI is InChI=1S/C25H23FN4O3/c1-15-13-22(28-25-19(15)5-4-6-21(25)33-3)30-23(14-16(2)29-30)27-24(32)12-11-20(31)17-7-9-18(26)10-8-17/h4-10,13-14H,11-12H2,1-3H3,(H,27,32). The van der Waals surface area contributed by atoms with Crippen molar-refractivity contribution < 1.29 is 18.7 Å². The van der Waals surface area contributed by atoms with Crippen molar-refractivity contribution in [3.8, 4) is 11.6 Å². The summed E-state index contributed by atoms with van der Waals surface area (Å²) >= 11 is 0. The number of carbonyl (C=O) groups excluding carboxylic acids is 2. The molecule has 168 valence electrons. The third kappa shape index (κ3) is 4.74. The molecule has 0 aliphatic heterocycles. The Kier molecular flexibility index (Phi) is 6.17. The first kappa shape index (κ1) is 22.1. The normalized spacial score (nSPS) is 10.9. The summed E-state index contributed by atoms with van der Waals surface area (Å²) in [7, 11) is 1.59. The Morgan fingerprint density at radius 3 is 2.55 bits per heavy atom. The zero-order chi connectivity index (χ0) is 23.5. The predicted octanol–water partition coefficient (Wildman–Crippen LogP) is 4.79. The number of amides is 1. The molecule has 0 radical (unpaired) electrons. The Bertz CT molecular complexity index is 1350. The van der Waals surface area contributed by atoms with E-state index in [-0.39, 0.29) is 24.5 Å². The second kappa shape index (κ2) is 9.20.